The van der Waals surface area contributed by atoms with Gasteiger partial charge in [-0.05, 0) is 32.2 Å². The Morgan fingerprint density at radius 3 is 2.85 bits per heavy atom. The van der Waals surface area contributed by atoms with Gasteiger partial charge in [0.1, 0.15) is 9.88 Å². The van der Waals surface area contributed by atoms with Gasteiger partial charge in [-0.2, -0.15) is 0 Å². The molecule has 1 amide bonds. The topological polar surface area (TPSA) is 45.7 Å². The molecule has 2 aliphatic heterocycles. The summed E-state index contributed by atoms with van der Waals surface area (Å²) < 4.78 is 32.4. The van der Waals surface area contributed by atoms with E-state index < -0.39 is 11.6 Å². The number of likely N-dealkylation sites (tertiary alicyclic amines) is 1. The van der Waals surface area contributed by atoms with E-state index in [2.05, 4.69) is 9.88 Å². The van der Waals surface area contributed by atoms with Crippen LogP contribution in [0, 0.1) is 18.6 Å². The number of aromatic nitrogens is 1. The maximum atomic E-state index is 13.5. The molecule has 5 nitrogen and oxygen atoms in total. The lowest BCUT2D eigenvalue weighted by Gasteiger charge is -2.33. The molecular formula is C18H19F2N3O2S. The number of halogens is 2. The van der Waals surface area contributed by atoms with Crippen LogP contribution in [0.4, 0.5) is 8.78 Å². The number of carbonyl (C=O) groups is 1. The van der Waals surface area contributed by atoms with Gasteiger partial charge in [0.25, 0.3) is 5.91 Å². The predicted molar refractivity (Wildman–Crippen MR) is 94.3 cm³/mol. The van der Waals surface area contributed by atoms with Crippen molar-refractivity contribution in [2.75, 3.05) is 33.3 Å². The van der Waals surface area contributed by atoms with E-state index in [4.69, 9.17) is 4.74 Å². The molecule has 0 aliphatic carbocycles. The van der Waals surface area contributed by atoms with Crippen molar-refractivity contribution >= 4 is 17.2 Å². The molecule has 1 aromatic heterocycles. The molecular weight excluding hydrogens is 360 g/mol. The Morgan fingerprint density at radius 1 is 1.31 bits per heavy atom. The number of ether oxygens (including phenoxy) is 1. The minimum Gasteiger partial charge on any atom is -0.373 e. The summed E-state index contributed by atoms with van der Waals surface area (Å²) in [4.78, 5) is 21.9. The molecule has 0 bridgehead atoms. The van der Waals surface area contributed by atoms with Crippen LogP contribution < -0.4 is 0 Å². The van der Waals surface area contributed by atoms with Gasteiger partial charge in [0.2, 0.25) is 0 Å². The molecule has 4 rings (SSSR count). The lowest BCUT2D eigenvalue weighted by molar-refractivity contribution is -0.0368. The van der Waals surface area contributed by atoms with Crippen molar-refractivity contribution in [2.24, 2.45) is 0 Å². The van der Waals surface area contributed by atoms with Crippen molar-refractivity contribution in [3.8, 4) is 10.6 Å². The normalized spacial score (nSPS) is 23.3. The summed E-state index contributed by atoms with van der Waals surface area (Å²) in [5.41, 5.74) is 1.07. The van der Waals surface area contributed by atoms with E-state index >= 15 is 0 Å². The van der Waals surface area contributed by atoms with Crippen molar-refractivity contribution < 1.29 is 18.3 Å². The third kappa shape index (κ3) is 3.02. The lowest BCUT2D eigenvalue weighted by atomic mass is 10.1. The summed E-state index contributed by atoms with van der Waals surface area (Å²) >= 11 is 1.21. The number of nitrogens with zero attached hydrogens (tertiary/aromatic N) is 3. The van der Waals surface area contributed by atoms with Crippen LogP contribution in [-0.2, 0) is 4.74 Å². The Kier molecular flexibility index (Phi) is 4.50. The molecule has 138 valence electrons. The third-order valence-electron chi connectivity index (χ3n) is 5.02. The second-order valence-electron chi connectivity index (χ2n) is 6.73. The zero-order valence-electron chi connectivity index (χ0n) is 14.5. The number of rotatable bonds is 2. The average Bonchev–Trinajstić information content (AvgIpc) is 3.21. The number of amides is 1. The van der Waals surface area contributed by atoms with Crippen LogP contribution >= 0.6 is 11.3 Å². The van der Waals surface area contributed by atoms with E-state index in [1.54, 1.807) is 11.8 Å². The van der Waals surface area contributed by atoms with E-state index in [-0.39, 0.29) is 18.1 Å². The van der Waals surface area contributed by atoms with Crippen molar-refractivity contribution in [2.45, 2.75) is 19.1 Å². The van der Waals surface area contributed by atoms with E-state index in [1.807, 2.05) is 7.05 Å². The first-order chi connectivity index (χ1) is 12.4. The smallest absolute Gasteiger partial charge is 0.266 e. The van der Waals surface area contributed by atoms with Gasteiger partial charge in [-0.15, -0.1) is 11.3 Å². The summed E-state index contributed by atoms with van der Waals surface area (Å²) in [5, 5.41) is 0.509. The molecule has 3 heterocycles. The maximum absolute atomic E-state index is 13.5. The number of thiazole rings is 1. The van der Waals surface area contributed by atoms with Crippen LogP contribution in [0.15, 0.2) is 18.2 Å². The van der Waals surface area contributed by atoms with Gasteiger partial charge in [-0.1, -0.05) is 0 Å². The van der Waals surface area contributed by atoms with Crippen LogP contribution in [0.25, 0.3) is 10.6 Å². The highest BCUT2D eigenvalue weighted by atomic mass is 32.1. The van der Waals surface area contributed by atoms with Crippen LogP contribution in [0.1, 0.15) is 15.4 Å². The van der Waals surface area contributed by atoms with E-state index in [0.29, 0.717) is 40.8 Å². The van der Waals surface area contributed by atoms with Gasteiger partial charge in [0.05, 0.1) is 24.4 Å². The Hall–Kier alpha value is -1.90. The molecule has 2 fully saturated rings. The maximum Gasteiger partial charge on any atom is 0.266 e. The molecule has 0 N–H and O–H groups in total. The zero-order valence-corrected chi connectivity index (χ0v) is 15.4. The van der Waals surface area contributed by atoms with Crippen molar-refractivity contribution in [1.82, 2.24) is 14.8 Å². The fourth-order valence-electron chi connectivity index (χ4n) is 3.51. The fourth-order valence-corrected chi connectivity index (χ4v) is 4.55. The molecule has 2 aliphatic rings. The van der Waals surface area contributed by atoms with Crippen molar-refractivity contribution in [1.29, 1.82) is 0 Å². The van der Waals surface area contributed by atoms with E-state index in [9.17, 15) is 13.6 Å². The van der Waals surface area contributed by atoms with E-state index in [0.717, 1.165) is 18.7 Å². The first-order valence-electron chi connectivity index (χ1n) is 8.48. The molecule has 2 atom stereocenters. The minimum absolute atomic E-state index is 0.0385. The number of morpholine rings is 1. The Morgan fingerprint density at radius 2 is 2.12 bits per heavy atom. The number of hydrogen-bond donors (Lipinski definition) is 0. The highest BCUT2D eigenvalue weighted by Crippen LogP contribution is 2.31. The van der Waals surface area contributed by atoms with Gasteiger partial charge in [0, 0.05) is 25.2 Å². The average molecular weight is 379 g/mol. The van der Waals surface area contributed by atoms with Crippen LogP contribution in [0.2, 0.25) is 0 Å². The van der Waals surface area contributed by atoms with Gasteiger partial charge in [-0.25, -0.2) is 13.8 Å². The Bertz CT molecular complexity index is 857. The standard InChI is InChI=1S/C18H19F2N3O2S/c1-10-16(26-17(21-10)11-3-4-12(19)13(20)7-11)18(24)23-8-14-15(9-23)25-6-5-22(14)2/h3-4,7,14-15H,5-6,8-9H2,1-2H3/t14-,15+/m0/s1. The molecule has 26 heavy (non-hydrogen) atoms. The predicted octanol–water partition coefficient (Wildman–Crippen LogP) is 2.55. The summed E-state index contributed by atoms with van der Waals surface area (Å²) in [7, 11) is 2.05. The molecule has 2 saturated heterocycles. The zero-order chi connectivity index (χ0) is 18.4. The molecule has 0 unspecified atom stereocenters. The van der Waals surface area contributed by atoms with Crippen LogP contribution in [-0.4, -0.2) is 66.1 Å². The highest BCUT2D eigenvalue weighted by Gasteiger charge is 2.41. The molecule has 0 radical (unpaired) electrons. The monoisotopic (exact) mass is 379 g/mol. The number of carbonyl (C=O) groups excluding carboxylic acids is 1. The summed E-state index contributed by atoms with van der Waals surface area (Å²) in [6, 6.07) is 3.86. The van der Waals surface area contributed by atoms with Gasteiger partial charge < -0.3 is 9.64 Å². The highest BCUT2D eigenvalue weighted by molar-refractivity contribution is 7.17. The molecule has 1 aromatic carbocycles. The van der Waals surface area contributed by atoms with E-state index in [1.165, 1.54) is 17.4 Å². The van der Waals surface area contributed by atoms with Crippen molar-refractivity contribution in [3.05, 3.63) is 40.4 Å². The summed E-state index contributed by atoms with van der Waals surface area (Å²) in [5.74, 6) is -1.91. The molecule has 2 aromatic rings. The largest absolute Gasteiger partial charge is 0.373 e. The molecule has 0 saturated carbocycles. The number of hydrogen-bond acceptors (Lipinski definition) is 5. The number of likely N-dealkylation sites (N-methyl/N-ethyl adjacent to an activating group) is 1. The lowest BCUT2D eigenvalue weighted by Crippen LogP contribution is -2.48. The quantitative estimate of drug-likeness (QED) is 0.805. The molecule has 0 spiro atoms. The summed E-state index contributed by atoms with van der Waals surface area (Å²) in [6.07, 6.45) is 0.0385. The first kappa shape index (κ1) is 17.5. The third-order valence-corrected chi connectivity index (χ3v) is 6.22. The van der Waals surface area contributed by atoms with Gasteiger partial charge >= 0.3 is 0 Å². The Labute approximate surface area is 154 Å². The van der Waals surface area contributed by atoms with Crippen LogP contribution in [0.5, 0.6) is 0 Å². The van der Waals surface area contributed by atoms with Gasteiger partial charge in [0.15, 0.2) is 11.6 Å². The number of fused-ring (bicyclic) bond motifs is 1. The fraction of sp³-hybridized carbons (Fsp3) is 0.444. The Balaban J connectivity index is 1.57. The SMILES string of the molecule is Cc1nc(-c2ccc(F)c(F)c2)sc1C(=O)N1C[C@H]2OCCN(C)[C@H]2C1. The molecule has 8 heteroatoms. The van der Waals surface area contributed by atoms with Crippen LogP contribution in [0.3, 0.4) is 0 Å². The first-order valence-corrected chi connectivity index (χ1v) is 9.29. The second-order valence-corrected chi connectivity index (χ2v) is 7.73. The minimum atomic E-state index is -0.924. The second kappa shape index (κ2) is 6.68. The van der Waals surface area contributed by atoms with Crippen molar-refractivity contribution in [3.63, 3.8) is 0 Å². The number of benzene rings is 1. The summed E-state index contributed by atoms with van der Waals surface area (Å²) in [6.45, 7) is 4.49. The number of aryl methyl sites for hydroxylation is 1. The van der Waals surface area contributed by atoms with Gasteiger partial charge in [-0.3, -0.25) is 9.69 Å².